The molecule has 0 radical (unpaired) electrons. The number of hydrogen-bond donors (Lipinski definition) is 2. The third-order valence-corrected chi connectivity index (χ3v) is 2.40. The lowest BCUT2D eigenvalue weighted by Crippen LogP contribution is -2.00. The monoisotopic (exact) mass is 248 g/mol. The molecule has 3 N–H and O–H groups in total. The molecule has 0 unspecified atom stereocenters. The van der Waals surface area contributed by atoms with E-state index in [0.717, 1.165) is 5.69 Å². The number of nitrogens with zero attached hydrogens (tertiary/aromatic N) is 2. The second kappa shape index (κ2) is 4.59. The van der Waals surface area contributed by atoms with Gasteiger partial charge in [0.25, 0.3) is 0 Å². The van der Waals surface area contributed by atoms with Crippen LogP contribution in [0.3, 0.4) is 0 Å². The Morgan fingerprint density at radius 2 is 1.71 bits per heavy atom. The van der Waals surface area contributed by atoms with E-state index in [0.29, 0.717) is 11.0 Å². The summed E-state index contributed by atoms with van der Waals surface area (Å²) in [6.07, 6.45) is 0. The van der Waals surface area contributed by atoms with Gasteiger partial charge in [-0.05, 0) is 37.1 Å². The van der Waals surface area contributed by atoms with E-state index in [4.69, 9.17) is 17.3 Å². The summed E-state index contributed by atoms with van der Waals surface area (Å²) in [5, 5.41) is 3.48. The Balaban J connectivity index is 2.31. The lowest BCUT2D eigenvalue weighted by Gasteiger charge is -2.08. The summed E-state index contributed by atoms with van der Waals surface area (Å²) >= 11 is 5.81. The van der Waals surface area contributed by atoms with Gasteiger partial charge in [0.2, 0.25) is 5.95 Å². The summed E-state index contributed by atoms with van der Waals surface area (Å²) in [5.74, 6) is 0.747. The molecule has 0 fully saturated rings. The first-order valence-corrected chi connectivity index (χ1v) is 5.56. The number of nitrogen functional groups attached to an aromatic ring is 1. The number of nitrogens with one attached hydrogen (secondary N) is 1. The van der Waals surface area contributed by atoms with Crippen LogP contribution in [0.1, 0.15) is 11.1 Å². The molecule has 1 aromatic heterocycles. The highest BCUT2D eigenvalue weighted by molar-refractivity contribution is 6.29. The number of rotatable bonds is 2. The smallest absolute Gasteiger partial charge is 0.223 e. The Morgan fingerprint density at radius 3 is 2.29 bits per heavy atom. The highest BCUT2D eigenvalue weighted by Crippen LogP contribution is 2.20. The third-order valence-electron chi connectivity index (χ3n) is 2.21. The summed E-state index contributed by atoms with van der Waals surface area (Å²) in [7, 11) is 0. The number of nitrogens with two attached hydrogens (primary N) is 1. The van der Waals surface area contributed by atoms with Crippen molar-refractivity contribution in [2.24, 2.45) is 0 Å². The molecule has 2 rings (SSSR count). The molecule has 0 aliphatic rings. The van der Waals surface area contributed by atoms with Crippen LogP contribution < -0.4 is 11.1 Å². The van der Waals surface area contributed by atoms with Crippen molar-refractivity contribution in [3.8, 4) is 0 Å². The molecule has 2 aromatic rings. The molecule has 0 amide bonds. The molecular weight excluding hydrogens is 236 g/mol. The molecule has 0 aliphatic heterocycles. The molecule has 0 spiro atoms. The minimum absolute atomic E-state index is 0.157. The van der Waals surface area contributed by atoms with Crippen molar-refractivity contribution in [2.75, 3.05) is 11.1 Å². The second-order valence-electron chi connectivity index (χ2n) is 3.94. The number of anilines is 3. The quantitative estimate of drug-likeness (QED) is 0.802. The molecular formula is C12H13ClN4. The second-order valence-corrected chi connectivity index (χ2v) is 4.32. The van der Waals surface area contributed by atoms with Crippen LogP contribution >= 0.6 is 11.6 Å². The molecule has 4 nitrogen and oxygen atoms in total. The first-order chi connectivity index (χ1) is 8.02. The zero-order chi connectivity index (χ0) is 12.4. The maximum Gasteiger partial charge on any atom is 0.223 e. The summed E-state index contributed by atoms with van der Waals surface area (Å²) in [5.41, 5.74) is 8.84. The molecule has 0 aliphatic carbocycles. The zero-order valence-corrected chi connectivity index (χ0v) is 10.4. The van der Waals surface area contributed by atoms with Gasteiger partial charge >= 0.3 is 0 Å². The molecule has 88 valence electrons. The van der Waals surface area contributed by atoms with Crippen LogP contribution in [0.5, 0.6) is 0 Å². The van der Waals surface area contributed by atoms with Gasteiger partial charge in [-0.2, -0.15) is 4.98 Å². The summed E-state index contributed by atoms with van der Waals surface area (Å²) < 4.78 is 0. The molecule has 0 saturated heterocycles. The van der Waals surface area contributed by atoms with Crippen molar-refractivity contribution in [1.29, 1.82) is 0 Å². The van der Waals surface area contributed by atoms with Crippen molar-refractivity contribution in [1.82, 2.24) is 9.97 Å². The molecule has 0 bridgehead atoms. The maximum atomic E-state index is 5.81. The zero-order valence-electron chi connectivity index (χ0n) is 9.66. The van der Waals surface area contributed by atoms with Gasteiger partial charge in [0, 0.05) is 11.8 Å². The number of aromatic nitrogens is 2. The minimum atomic E-state index is 0.157. The molecule has 17 heavy (non-hydrogen) atoms. The largest absolute Gasteiger partial charge is 0.368 e. The lowest BCUT2D eigenvalue weighted by atomic mass is 10.1. The highest BCUT2D eigenvalue weighted by atomic mass is 35.5. The van der Waals surface area contributed by atoms with Crippen molar-refractivity contribution in [3.63, 3.8) is 0 Å². The lowest BCUT2D eigenvalue weighted by molar-refractivity contribution is 1.18. The van der Waals surface area contributed by atoms with E-state index in [2.05, 4.69) is 21.4 Å². The Hall–Kier alpha value is -1.81. The van der Waals surface area contributed by atoms with Gasteiger partial charge in [0.1, 0.15) is 11.0 Å². The summed E-state index contributed by atoms with van der Waals surface area (Å²) in [6, 6.07) is 7.79. The molecule has 1 heterocycles. The summed E-state index contributed by atoms with van der Waals surface area (Å²) in [6.45, 7) is 4.08. The highest BCUT2D eigenvalue weighted by Gasteiger charge is 2.02. The number of aryl methyl sites for hydroxylation is 2. The van der Waals surface area contributed by atoms with E-state index >= 15 is 0 Å². The van der Waals surface area contributed by atoms with E-state index < -0.39 is 0 Å². The van der Waals surface area contributed by atoms with Crippen LogP contribution in [0.4, 0.5) is 17.5 Å². The topological polar surface area (TPSA) is 63.8 Å². The number of halogens is 1. The van der Waals surface area contributed by atoms with Crippen LogP contribution in [0, 0.1) is 13.8 Å². The number of hydrogen-bond acceptors (Lipinski definition) is 4. The van der Waals surface area contributed by atoms with E-state index in [-0.39, 0.29) is 5.95 Å². The first kappa shape index (κ1) is 11.7. The van der Waals surface area contributed by atoms with Crippen LogP contribution in [-0.4, -0.2) is 9.97 Å². The van der Waals surface area contributed by atoms with Crippen LogP contribution in [-0.2, 0) is 0 Å². The predicted octanol–water partition coefficient (Wildman–Crippen LogP) is 3.07. The van der Waals surface area contributed by atoms with E-state index in [1.54, 1.807) is 6.07 Å². The van der Waals surface area contributed by atoms with Gasteiger partial charge < -0.3 is 11.1 Å². The minimum Gasteiger partial charge on any atom is -0.368 e. The first-order valence-electron chi connectivity index (χ1n) is 5.18. The fourth-order valence-corrected chi connectivity index (χ4v) is 1.88. The summed E-state index contributed by atoms with van der Waals surface area (Å²) in [4.78, 5) is 7.86. The average molecular weight is 249 g/mol. The fourth-order valence-electron chi connectivity index (χ4n) is 1.69. The van der Waals surface area contributed by atoms with Gasteiger partial charge in [-0.3, -0.25) is 0 Å². The normalized spacial score (nSPS) is 10.3. The standard InChI is InChI=1S/C12H13ClN4/c1-7-3-8(2)5-9(4-7)15-11-6-10(13)16-12(14)17-11/h3-6H,1-2H3,(H3,14,15,16,17). The average Bonchev–Trinajstić information content (AvgIpc) is 2.13. The molecule has 5 heteroatoms. The van der Waals surface area contributed by atoms with E-state index in [9.17, 15) is 0 Å². The Bertz CT molecular complexity index is 464. The van der Waals surface area contributed by atoms with Crippen molar-refractivity contribution >= 4 is 29.1 Å². The Morgan fingerprint density at radius 1 is 1.06 bits per heavy atom. The van der Waals surface area contributed by atoms with Crippen molar-refractivity contribution in [2.45, 2.75) is 13.8 Å². The predicted molar refractivity (Wildman–Crippen MR) is 70.7 cm³/mol. The molecule has 0 saturated carbocycles. The molecule has 1 aromatic carbocycles. The van der Waals surface area contributed by atoms with E-state index in [1.165, 1.54) is 11.1 Å². The van der Waals surface area contributed by atoms with Crippen LogP contribution in [0.2, 0.25) is 5.15 Å². The Kier molecular flexibility index (Phi) is 3.15. The molecule has 0 atom stereocenters. The SMILES string of the molecule is Cc1cc(C)cc(Nc2cc(Cl)nc(N)n2)c1. The van der Waals surface area contributed by atoms with Crippen LogP contribution in [0.15, 0.2) is 24.3 Å². The van der Waals surface area contributed by atoms with Crippen molar-refractivity contribution < 1.29 is 0 Å². The van der Waals surface area contributed by atoms with Gasteiger partial charge in [0.15, 0.2) is 0 Å². The van der Waals surface area contributed by atoms with Gasteiger partial charge in [-0.15, -0.1) is 0 Å². The van der Waals surface area contributed by atoms with E-state index in [1.807, 2.05) is 26.0 Å². The van der Waals surface area contributed by atoms with Gasteiger partial charge in [-0.1, -0.05) is 17.7 Å². The van der Waals surface area contributed by atoms with Gasteiger partial charge in [0.05, 0.1) is 0 Å². The maximum absolute atomic E-state index is 5.81. The van der Waals surface area contributed by atoms with Crippen molar-refractivity contribution in [3.05, 3.63) is 40.5 Å². The van der Waals surface area contributed by atoms with Gasteiger partial charge in [-0.25, -0.2) is 4.98 Å². The fraction of sp³-hybridized carbons (Fsp3) is 0.167. The number of benzene rings is 1. The Labute approximate surface area is 105 Å². The van der Waals surface area contributed by atoms with Crippen LogP contribution in [0.25, 0.3) is 0 Å². The third kappa shape index (κ3) is 3.07.